The molecule has 0 saturated carbocycles. The second-order valence-electron chi connectivity index (χ2n) is 4.80. The van der Waals surface area contributed by atoms with Crippen LogP contribution in [0.4, 0.5) is 0 Å². The van der Waals surface area contributed by atoms with E-state index in [1.807, 2.05) is 18.7 Å². The van der Waals surface area contributed by atoms with E-state index in [9.17, 15) is 4.79 Å². The summed E-state index contributed by atoms with van der Waals surface area (Å²) in [6, 6.07) is 0.476. The third kappa shape index (κ3) is 6.67. The molecule has 0 aromatic rings. The maximum Gasteiger partial charge on any atom is 0.236 e. The number of hydrogen-bond acceptors (Lipinski definition) is 2. The molecule has 2 atom stereocenters. The molecule has 2 unspecified atom stereocenters. The quantitative estimate of drug-likeness (QED) is 0.674. The van der Waals surface area contributed by atoms with Gasteiger partial charge in [0.05, 0.1) is 6.54 Å². The Hall–Kier alpha value is -0.570. The number of amides is 1. The second kappa shape index (κ2) is 9.46. The van der Waals surface area contributed by atoms with Gasteiger partial charge in [-0.3, -0.25) is 4.79 Å². The number of carbonyl (C=O) groups is 1. The molecule has 1 amide bonds. The molecule has 0 aliphatic heterocycles. The van der Waals surface area contributed by atoms with Gasteiger partial charge in [-0.1, -0.05) is 27.2 Å². The van der Waals surface area contributed by atoms with Gasteiger partial charge in [-0.05, 0) is 32.6 Å². The van der Waals surface area contributed by atoms with Gasteiger partial charge >= 0.3 is 0 Å². The van der Waals surface area contributed by atoms with E-state index in [0.29, 0.717) is 12.6 Å². The zero-order valence-electron chi connectivity index (χ0n) is 12.3. The van der Waals surface area contributed by atoms with Gasteiger partial charge in [0.15, 0.2) is 0 Å². The lowest BCUT2D eigenvalue weighted by atomic mass is 9.98. The SMILES string of the molecule is CCC(C)CC(CC)NCC(=O)N(CC)CC. The van der Waals surface area contributed by atoms with E-state index < -0.39 is 0 Å². The fraction of sp³-hybridized carbons (Fsp3) is 0.929. The number of rotatable bonds is 9. The molecule has 0 aromatic carbocycles. The average molecular weight is 242 g/mol. The highest BCUT2D eigenvalue weighted by Crippen LogP contribution is 2.11. The van der Waals surface area contributed by atoms with Gasteiger partial charge in [-0.25, -0.2) is 0 Å². The summed E-state index contributed by atoms with van der Waals surface area (Å²) in [4.78, 5) is 13.7. The molecule has 0 aliphatic rings. The minimum absolute atomic E-state index is 0.220. The van der Waals surface area contributed by atoms with Crippen LogP contribution in [0.15, 0.2) is 0 Å². The van der Waals surface area contributed by atoms with E-state index in [4.69, 9.17) is 0 Å². The molecule has 0 saturated heterocycles. The number of carbonyl (C=O) groups excluding carboxylic acids is 1. The van der Waals surface area contributed by atoms with Crippen molar-refractivity contribution >= 4 is 5.91 Å². The van der Waals surface area contributed by atoms with Crippen LogP contribution in [0.5, 0.6) is 0 Å². The average Bonchev–Trinajstić information content (AvgIpc) is 2.35. The first-order chi connectivity index (χ1) is 8.08. The molecule has 0 fully saturated rings. The Morgan fingerprint density at radius 1 is 1.12 bits per heavy atom. The fourth-order valence-corrected chi connectivity index (χ4v) is 1.97. The van der Waals surface area contributed by atoms with Crippen molar-refractivity contribution < 1.29 is 4.79 Å². The summed E-state index contributed by atoms with van der Waals surface area (Å²) in [5.41, 5.74) is 0. The van der Waals surface area contributed by atoms with E-state index in [1.54, 1.807) is 0 Å². The highest BCUT2D eigenvalue weighted by molar-refractivity contribution is 5.78. The second-order valence-corrected chi connectivity index (χ2v) is 4.80. The predicted molar refractivity (Wildman–Crippen MR) is 74.1 cm³/mol. The monoisotopic (exact) mass is 242 g/mol. The molecule has 0 bridgehead atoms. The summed E-state index contributed by atoms with van der Waals surface area (Å²) in [5.74, 6) is 0.952. The van der Waals surface area contributed by atoms with E-state index in [-0.39, 0.29) is 5.91 Å². The Labute approximate surface area is 107 Å². The molecule has 17 heavy (non-hydrogen) atoms. The van der Waals surface area contributed by atoms with E-state index in [0.717, 1.165) is 25.4 Å². The first kappa shape index (κ1) is 16.4. The molecule has 102 valence electrons. The van der Waals surface area contributed by atoms with E-state index in [2.05, 4.69) is 26.1 Å². The molecule has 0 aliphatic carbocycles. The Balaban J connectivity index is 4.01. The molecule has 0 spiro atoms. The van der Waals surface area contributed by atoms with Crippen molar-refractivity contribution in [3.63, 3.8) is 0 Å². The van der Waals surface area contributed by atoms with E-state index in [1.165, 1.54) is 12.8 Å². The molecule has 0 radical (unpaired) electrons. The number of nitrogens with zero attached hydrogens (tertiary/aromatic N) is 1. The van der Waals surface area contributed by atoms with Crippen LogP contribution in [0.3, 0.4) is 0 Å². The van der Waals surface area contributed by atoms with Crippen molar-refractivity contribution in [1.82, 2.24) is 10.2 Å². The number of nitrogens with one attached hydrogen (secondary N) is 1. The minimum Gasteiger partial charge on any atom is -0.342 e. The summed E-state index contributed by atoms with van der Waals surface area (Å²) in [7, 11) is 0. The first-order valence-electron chi connectivity index (χ1n) is 7.09. The zero-order valence-corrected chi connectivity index (χ0v) is 12.3. The molecule has 3 heteroatoms. The Morgan fingerprint density at radius 2 is 1.71 bits per heavy atom. The van der Waals surface area contributed by atoms with Gasteiger partial charge in [0.2, 0.25) is 5.91 Å². The standard InChI is InChI=1S/C14H30N2O/c1-6-12(5)10-13(7-2)15-11-14(17)16(8-3)9-4/h12-13,15H,6-11H2,1-5H3. The normalized spacial score (nSPS) is 14.4. The van der Waals surface area contributed by atoms with Crippen molar-refractivity contribution in [1.29, 1.82) is 0 Å². The smallest absolute Gasteiger partial charge is 0.236 e. The summed E-state index contributed by atoms with van der Waals surface area (Å²) >= 11 is 0. The highest BCUT2D eigenvalue weighted by Gasteiger charge is 2.14. The topological polar surface area (TPSA) is 32.3 Å². The maximum atomic E-state index is 11.8. The third-order valence-electron chi connectivity index (χ3n) is 3.53. The molecular weight excluding hydrogens is 212 g/mol. The van der Waals surface area contributed by atoms with Crippen LogP contribution in [0.1, 0.15) is 53.9 Å². The predicted octanol–water partition coefficient (Wildman–Crippen LogP) is 2.66. The molecule has 0 heterocycles. The lowest BCUT2D eigenvalue weighted by Gasteiger charge is -2.23. The van der Waals surface area contributed by atoms with Gasteiger partial charge in [0, 0.05) is 19.1 Å². The summed E-state index contributed by atoms with van der Waals surface area (Å²) in [6.45, 7) is 12.8. The first-order valence-corrected chi connectivity index (χ1v) is 7.09. The Kier molecular flexibility index (Phi) is 9.14. The highest BCUT2D eigenvalue weighted by atomic mass is 16.2. The molecule has 0 aromatic heterocycles. The van der Waals surface area contributed by atoms with Crippen LogP contribution < -0.4 is 5.32 Å². The van der Waals surface area contributed by atoms with E-state index >= 15 is 0 Å². The van der Waals surface area contributed by atoms with Gasteiger partial charge in [0.25, 0.3) is 0 Å². The van der Waals surface area contributed by atoms with Crippen LogP contribution in [0, 0.1) is 5.92 Å². The van der Waals surface area contributed by atoms with Gasteiger partial charge in [-0.2, -0.15) is 0 Å². The number of hydrogen-bond donors (Lipinski definition) is 1. The zero-order chi connectivity index (χ0) is 13.3. The van der Waals surface area contributed by atoms with Crippen molar-refractivity contribution in [2.45, 2.75) is 59.9 Å². The third-order valence-corrected chi connectivity index (χ3v) is 3.53. The van der Waals surface area contributed by atoms with Gasteiger partial charge in [-0.15, -0.1) is 0 Å². The molecular formula is C14H30N2O. The van der Waals surface area contributed by atoms with Gasteiger partial charge in [0.1, 0.15) is 0 Å². The van der Waals surface area contributed by atoms with Gasteiger partial charge < -0.3 is 10.2 Å². The molecule has 0 rings (SSSR count). The van der Waals surface area contributed by atoms with Crippen LogP contribution in [-0.4, -0.2) is 36.5 Å². The Morgan fingerprint density at radius 3 is 2.12 bits per heavy atom. The summed E-state index contributed by atoms with van der Waals surface area (Å²) < 4.78 is 0. The van der Waals surface area contributed by atoms with Crippen molar-refractivity contribution in [2.24, 2.45) is 5.92 Å². The Bertz CT molecular complexity index is 202. The van der Waals surface area contributed by atoms with Crippen LogP contribution in [-0.2, 0) is 4.79 Å². The minimum atomic E-state index is 0.220. The lowest BCUT2D eigenvalue weighted by Crippen LogP contribution is -2.41. The van der Waals surface area contributed by atoms with Crippen molar-refractivity contribution in [3.05, 3.63) is 0 Å². The lowest BCUT2D eigenvalue weighted by molar-refractivity contribution is -0.130. The number of likely N-dealkylation sites (N-methyl/N-ethyl adjacent to an activating group) is 1. The summed E-state index contributed by atoms with van der Waals surface area (Å²) in [5, 5.41) is 3.39. The van der Waals surface area contributed by atoms with Crippen LogP contribution >= 0.6 is 0 Å². The van der Waals surface area contributed by atoms with Crippen LogP contribution in [0.2, 0.25) is 0 Å². The maximum absolute atomic E-state index is 11.8. The van der Waals surface area contributed by atoms with Crippen molar-refractivity contribution in [2.75, 3.05) is 19.6 Å². The van der Waals surface area contributed by atoms with Crippen LogP contribution in [0.25, 0.3) is 0 Å². The molecule has 1 N–H and O–H groups in total. The summed E-state index contributed by atoms with van der Waals surface area (Å²) in [6.07, 6.45) is 3.47. The largest absolute Gasteiger partial charge is 0.342 e. The fourth-order valence-electron chi connectivity index (χ4n) is 1.97. The molecule has 3 nitrogen and oxygen atoms in total. The van der Waals surface area contributed by atoms with Crippen molar-refractivity contribution in [3.8, 4) is 0 Å².